The minimum absolute atomic E-state index is 0.0384. The Morgan fingerprint density at radius 2 is 1.00 bits per heavy atom. The van der Waals surface area contributed by atoms with Gasteiger partial charge in [-0.1, -0.05) is 113 Å². The van der Waals surface area contributed by atoms with Crippen molar-refractivity contribution in [2.45, 2.75) is 6.92 Å². The van der Waals surface area contributed by atoms with Gasteiger partial charge in [-0.15, -0.1) is 0 Å². The Morgan fingerprint density at radius 3 is 1.50 bits per heavy atom. The molecule has 0 aliphatic carbocycles. The van der Waals surface area contributed by atoms with Crippen LogP contribution >= 0.6 is 0 Å². The lowest BCUT2D eigenvalue weighted by molar-refractivity contribution is 1.18. The van der Waals surface area contributed by atoms with Crippen LogP contribution in [-0.2, 0) is 0 Å². The summed E-state index contributed by atoms with van der Waals surface area (Å²) in [6.45, 7) is 9.87. The Bertz CT molecular complexity index is 3510. The second-order valence-corrected chi connectivity index (χ2v) is 15.9. The Kier molecular flexibility index (Phi) is 6.02. The minimum Gasteiger partial charge on any atom is -0.309 e. The van der Waals surface area contributed by atoms with Crippen molar-refractivity contribution in [1.29, 1.82) is 5.26 Å². The second-order valence-electron chi connectivity index (χ2n) is 15.9. The molecule has 0 spiro atoms. The monoisotopic (exact) mass is 732 g/mol. The standard InChI is InChI=1S/C53H29BN4/c1-30-25-41-39-27-43-35-9-3-5-15-47(35)57(33-21-17-31(29-55)18-22-33)52(43)37-11-7-13-45(49(37)39)54-46-14-8-12-38-50(46)40(42(26-30)51(41)54)28-44-36-10-4-6-16-48(36)58(53(38)44)34-23-19-32(56-2)20-24-34/h3-28H,1H3. The first kappa shape index (κ1) is 31.4. The van der Waals surface area contributed by atoms with Gasteiger partial charge in [-0.2, -0.15) is 5.26 Å². The number of fused-ring (bicyclic) bond motifs is 12. The quantitative estimate of drug-likeness (QED) is 0.129. The fourth-order valence-electron chi connectivity index (χ4n) is 10.8. The summed E-state index contributed by atoms with van der Waals surface area (Å²) in [5.41, 5.74) is 18.5. The zero-order valence-electron chi connectivity index (χ0n) is 31.4. The first-order valence-electron chi connectivity index (χ1n) is 19.7. The predicted octanol–water partition coefficient (Wildman–Crippen LogP) is 11.4. The van der Waals surface area contributed by atoms with E-state index in [2.05, 4.69) is 160 Å². The summed E-state index contributed by atoms with van der Waals surface area (Å²) in [5, 5.41) is 19.6. The highest BCUT2D eigenvalue weighted by atomic mass is 15.0. The van der Waals surface area contributed by atoms with E-state index in [0.29, 0.717) is 11.3 Å². The van der Waals surface area contributed by atoms with Crippen molar-refractivity contribution in [3.63, 3.8) is 0 Å². The SMILES string of the molecule is [C-]#[N+]c1ccc(-n2c3ccccc3c3cc4c5c(cccc5c32)B2c3c(cc(C)cc3-4)-c3cc4c5ccccc5n(-c5ccc(C#N)cc5)c4c4cccc2c34)cc1. The van der Waals surface area contributed by atoms with Gasteiger partial charge >= 0.3 is 0 Å². The maximum atomic E-state index is 9.63. The van der Waals surface area contributed by atoms with Gasteiger partial charge in [-0.3, -0.25) is 0 Å². The van der Waals surface area contributed by atoms with E-state index in [0.717, 1.165) is 22.4 Å². The van der Waals surface area contributed by atoms with Gasteiger partial charge in [0.1, 0.15) is 0 Å². The maximum Gasteiger partial charge on any atom is 0.244 e. The molecule has 5 heteroatoms. The van der Waals surface area contributed by atoms with E-state index in [9.17, 15) is 5.26 Å². The van der Waals surface area contributed by atoms with E-state index in [1.54, 1.807) is 0 Å². The van der Waals surface area contributed by atoms with E-state index < -0.39 is 0 Å². The van der Waals surface area contributed by atoms with Crippen molar-refractivity contribution in [2.75, 3.05) is 0 Å². The number of aryl methyl sites for hydroxylation is 1. The summed E-state index contributed by atoms with van der Waals surface area (Å²) in [6, 6.07) is 59.3. The Hall–Kier alpha value is -7.86. The highest BCUT2D eigenvalue weighted by molar-refractivity contribution is 7.01. The molecule has 0 radical (unpaired) electrons. The number of para-hydroxylation sites is 2. The summed E-state index contributed by atoms with van der Waals surface area (Å²) in [6.07, 6.45) is 0. The molecule has 0 amide bonds. The lowest BCUT2D eigenvalue weighted by Crippen LogP contribution is -2.57. The van der Waals surface area contributed by atoms with Crippen LogP contribution in [0.25, 0.3) is 104 Å². The van der Waals surface area contributed by atoms with Crippen LogP contribution in [0.4, 0.5) is 5.69 Å². The topological polar surface area (TPSA) is 38.0 Å². The van der Waals surface area contributed by atoms with E-state index in [1.165, 1.54) is 98.3 Å². The van der Waals surface area contributed by atoms with Crippen molar-refractivity contribution in [1.82, 2.24) is 9.13 Å². The van der Waals surface area contributed by atoms with E-state index in [1.807, 2.05) is 24.3 Å². The third kappa shape index (κ3) is 3.88. The molecular weight excluding hydrogens is 703 g/mol. The molecule has 2 aliphatic rings. The third-order valence-corrected chi connectivity index (χ3v) is 13.0. The molecule has 11 aromatic rings. The third-order valence-electron chi connectivity index (χ3n) is 13.0. The number of hydrogen-bond donors (Lipinski definition) is 0. The van der Waals surface area contributed by atoms with Crippen LogP contribution in [0.3, 0.4) is 0 Å². The van der Waals surface area contributed by atoms with E-state index >= 15 is 0 Å². The number of rotatable bonds is 2. The molecule has 0 saturated carbocycles. The number of nitriles is 1. The fourth-order valence-corrected chi connectivity index (χ4v) is 10.8. The van der Waals surface area contributed by atoms with Crippen molar-refractivity contribution in [3.8, 4) is 39.7 Å². The van der Waals surface area contributed by atoms with Crippen LogP contribution in [0, 0.1) is 24.8 Å². The molecule has 0 saturated heterocycles. The average Bonchev–Trinajstić information content (AvgIpc) is 3.79. The zero-order chi connectivity index (χ0) is 38.4. The minimum atomic E-state index is 0.0384. The predicted molar refractivity (Wildman–Crippen MR) is 241 cm³/mol. The molecule has 4 heterocycles. The summed E-state index contributed by atoms with van der Waals surface area (Å²) >= 11 is 0. The van der Waals surface area contributed by atoms with Gasteiger partial charge in [0.05, 0.1) is 40.3 Å². The molecule has 264 valence electrons. The molecular formula is C53H29BN4. The van der Waals surface area contributed by atoms with E-state index in [4.69, 9.17) is 6.57 Å². The van der Waals surface area contributed by atoms with Gasteiger partial charge in [0.15, 0.2) is 5.69 Å². The van der Waals surface area contributed by atoms with Gasteiger partial charge in [0, 0.05) is 43.7 Å². The van der Waals surface area contributed by atoms with Crippen LogP contribution in [0.2, 0.25) is 0 Å². The number of benzene rings is 9. The first-order valence-corrected chi connectivity index (χ1v) is 19.7. The van der Waals surface area contributed by atoms with Crippen LogP contribution < -0.4 is 16.4 Å². The summed E-state index contributed by atoms with van der Waals surface area (Å²) in [7, 11) is 0. The normalized spacial score (nSPS) is 12.5. The number of nitrogens with zero attached hydrogens (tertiary/aromatic N) is 4. The Morgan fingerprint density at radius 1 is 0.517 bits per heavy atom. The zero-order valence-corrected chi connectivity index (χ0v) is 31.4. The van der Waals surface area contributed by atoms with Gasteiger partial charge in [0.25, 0.3) is 0 Å². The Balaban J connectivity index is 1.18. The highest BCUT2D eigenvalue weighted by Gasteiger charge is 2.40. The first-order chi connectivity index (χ1) is 28.6. The molecule has 0 atom stereocenters. The second kappa shape index (κ2) is 11.1. The van der Waals surface area contributed by atoms with E-state index in [-0.39, 0.29) is 6.71 Å². The molecule has 13 rings (SSSR count). The molecule has 0 bridgehead atoms. The lowest BCUT2D eigenvalue weighted by Gasteiger charge is -2.35. The summed E-state index contributed by atoms with van der Waals surface area (Å²) < 4.78 is 4.79. The highest BCUT2D eigenvalue weighted by Crippen LogP contribution is 2.47. The Labute approximate surface area is 333 Å². The van der Waals surface area contributed by atoms with Crippen molar-refractivity contribution >= 4 is 93.9 Å². The van der Waals surface area contributed by atoms with Crippen molar-refractivity contribution in [2.24, 2.45) is 0 Å². The molecule has 9 aromatic carbocycles. The summed E-state index contributed by atoms with van der Waals surface area (Å²) in [5.74, 6) is 0. The molecule has 4 nitrogen and oxygen atoms in total. The molecule has 0 N–H and O–H groups in total. The van der Waals surface area contributed by atoms with Crippen LogP contribution in [-0.4, -0.2) is 15.8 Å². The fraction of sp³-hybridized carbons (Fsp3) is 0.0189. The number of aromatic nitrogens is 2. The smallest absolute Gasteiger partial charge is 0.244 e. The van der Waals surface area contributed by atoms with Crippen LogP contribution in [0.1, 0.15) is 11.1 Å². The van der Waals surface area contributed by atoms with Crippen molar-refractivity contribution < 1.29 is 0 Å². The molecule has 58 heavy (non-hydrogen) atoms. The van der Waals surface area contributed by atoms with Crippen LogP contribution in [0.5, 0.6) is 0 Å². The number of hydrogen-bond acceptors (Lipinski definition) is 1. The lowest BCUT2D eigenvalue weighted by atomic mass is 9.31. The summed E-state index contributed by atoms with van der Waals surface area (Å²) in [4.78, 5) is 3.68. The molecule has 2 aromatic heterocycles. The van der Waals surface area contributed by atoms with Gasteiger partial charge in [0.2, 0.25) is 6.71 Å². The van der Waals surface area contributed by atoms with Gasteiger partial charge in [-0.05, 0) is 106 Å². The largest absolute Gasteiger partial charge is 0.309 e. The van der Waals surface area contributed by atoms with Crippen LogP contribution in [0.15, 0.2) is 158 Å². The van der Waals surface area contributed by atoms with Gasteiger partial charge < -0.3 is 9.13 Å². The average molecular weight is 733 g/mol. The molecule has 0 fully saturated rings. The molecule has 2 aliphatic heterocycles. The van der Waals surface area contributed by atoms with Gasteiger partial charge in [-0.25, -0.2) is 4.85 Å². The molecule has 0 unspecified atom stereocenters. The maximum absolute atomic E-state index is 9.63. The van der Waals surface area contributed by atoms with Crippen molar-refractivity contribution in [3.05, 3.63) is 180 Å².